The van der Waals surface area contributed by atoms with Crippen molar-refractivity contribution in [3.63, 3.8) is 0 Å². The molecule has 0 saturated carbocycles. The lowest BCUT2D eigenvalue weighted by molar-refractivity contribution is -0.144. The number of rotatable bonds is 5. The van der Waals surface area contributed by atoms with E-state index in [9.17, 15) is 9.59 Å². The van der Waals surface area contributed by atoms with Crippen molar-refractivity contribution in [2.45, 2.75) is 13.0 Å². The summed E-state index contributed by atoms with van der Waals surface area (Å²) in [5.41, 5.74) is 1.03. The fourth-order valence-electron chi connectivity index (χ4n) is 1.71. The van der Waals surface area contributed by atoms with Gasteiger partial charge in [-0.3, -0.25) is 4.79 Å². The zero-order chi connectivity index (χ0) is 15.4. The highest BCUT2D eigenvalue weighted by Crippen LogP contribution is 2.18. The van der Waals surface area contributed by atoms with Gasteiger partial charge >= 0.3 is 5.97 Å². The van der Waals surface area contributed by atoms with Crippen LogP contribution in [0.25, 0.3) is 0 Å². The normalized spacial score (nSPS) is 11.7. The van der Waals surface area contributed by atoms with Crippen LogP contribution in [-0.2, 0) is 4.79 Å². The summed E-state index contributed by atoms with van der Waals surface area (Å²) >= 11 is 5.78. The van der Waals surface area contributed by atoms with Gasteiger partial charge in [-0.2, -0.15) is 0 Å². The maximum absolute atomic E-state index is 12.2. The second-order valence-corrected chi connectivity index (χ2v) is 4.90. The number of carboxylic acid groups (broad SMARTS) is 1. The lowest BCUT2D eigenvalue weighted by atomic mass is 10.0. The summed E-state index contributed by atoms with van der Waals surface area (Å²) in [5.74, 6) is -0.779. The molecular weight excluding hydrogens is 292 g/mol. The van der Waals surface area contributed by atoms with Crippen LogP contribution >= 0.6 is 11.6 Å². The zero-order valence-electron chi connectivity index (χ0n) is 11.2. The van der Waals surface area contributed by atoms with E-state index in [0.717, 1.165) is 0 Å². The highest BCUT2D eigenvalue weighted by Gasteiger charge is 2.13. The van der Waals surface area contributed by atoms with Crippen molar-refractivity contribution < 1.29 is 19.4 Å². The maximum atomic E-state index is 12.2. The molecule has 0 aromatic heterocycles. The Kier molecular flexibility index (Phi) is 4.60. The lowest BCUT2D eigenvalue weighted by Crippen LogP contribution is -2.22. The molecule has 0 aliphatic heterocycles. The summed E-state index contributed by atoms with van der Waals surface area (Å²) in [6, 6.07) is 13.0. The molecule has 0 unspecified atom stereocenters. The fraction of sp³-hybridized carbons (Fsp3) is 0.125. The topological polar surface area (TPSA) is 63.6 Å². The number of benzene rings is 2. The van der Waals surface area contributed by atoms with E-state index < -0.39 is 12.1 Å². The third kappa shape index (κ3) is 3.83. The summed E-state index contributed by atoms with van der Waals surface area (Å²) in [6.07, 6.45) is -0.942. The van der Waals surface area contributed by atoms with Crippen molar-refractivity contribution in [2.75, 3.05) is 0 Å². The van der Waals surface area contributed by atoms with Gasteiger partial charge in [0.2, 0.25) is 0 Å². The fourth-order valence-corrected chi connectivity index (χ4v) is 1.83. The average molecular weight is 305 g/mol. The lowest BCUT2D eigenvalue weighted by Gasteiger charge is -2.10. The molecule has 0 aliphatic rings. The van der Waals surface area contributed by atoms with Crippen LogP contribution in [0.2, 0.25) is 5.02 Å². The molecule has 2 aromatic rings. The van der Waals surface area contributed by atoms with Gasteiger partial charge in [0.05, 0.1) is 0 Å². The number of carbonyl (C=O) groups excluding carboxylic acids is 1. The summed E-state index contributed by atoms with van der Waals surface area (Å²) in [5, 5.41) is 9.33. The molecule has 2 aromatic carbocycles. The minimum atomic E-state index is -1.05. The number of ether oxygens (including phenoxy) is 1. The van der Waals surface area contributed by atoms with Crippen molar-refractivity contribution in [1.29, 1.82) is 0 Å². The van der Waals surface area contributed by atoms with Crippen molar-refractivity contribution in [3.8, 4) is 5.75 Å². The van der Waals surface area contributed by atoms with Crippen LogP contribution in [0.15, 0.2) is 48.5 Å². The predicted octanol–water partition coefficient (Wildman–Crippen LogP) is 3.42. The molecule has 0 radical (unpaired) electrons. The van der Waals surface area contributed by atoms with Crippen LogP contribution in [0.1, 0.15) is 22.8 Å². The van der Waals surface area contributed by atoms with E-state index in [2.05, 4.69) is 0 Å². The molecule has 1 N–H and O–H groups in total. The van der Waals surface area contributed by atoms with Crippen LogP contribution < -0.4 is 4.74 Å². The first-order valence-corrected chi connectivity index (χ1v) is 6.65. The zero-order valence-corrected chi connectivity index (χ0v) is 12.0. The van der Waals surface area contributed by atoms with E-state index in [0.29, 0.717) is 21.9 Å². The Balaban J connectivity index is 2.13. The Bertz CT molecular complexity index is 647. The minimum absolute atomic E-state index is 0.135. The summed E-state index contributed by atoms with van der Waals surface area (Å²) < 4.78 is 5.20. The quantitative estimate of drug-likeness (QED) is 0.860. The molecule has 0 saturated heterocycles. The molecule has 4 nitrogen and oxygen atoms in total. The first-order chi connectivity index (χ1) is 9.97. The molecule has 0 heterocycles. The van der Waals surface area contributed by atoms with Gasteiger partial charge < -0.3 is 9.84 Å². The van der Waals surface area contributed by atoms with Gasteiger partial charge in [-0.25, -0.2) is 4.79 Å². The van der Waals surface area contributed by atoms with Gasteiger partial charge in [0, 0.05) is 16.1 Å². The Morgan fingerprint density at radius 2 is 1.48 bits per heavy atom. The molecule has 0 amide bonds. The molecule has 0 fully saturated rings. The third-order valence-corrected chi connectivity index (χ3v) is 3.14. The Labute approximate surface area is 126 Å². The van der Waals surface area contributed by atoms with Gasteiger partial charge in [0.25, 0.3) is 0 Å². The molecule has 1 atom stereocenters. The molecule has 0 aliphatic carbocycles. The van der Waals surface area contributed by atoms with Crippen LogP contribution in [0.4, 0.5) is 0 Å². The molecule has 2 rings (SSSR count). The molecule has 0 spiro atoms. The van der Waals surface area contributed by atoms with Gasteiger partial charge in [-0.05, 0) is 55.5 Å². The first kappa shape index (κ1) is 15.1. The molecule has 0 bridgehead atoms. The summed E-state index contributed by atoms with van der Waals surface area (Å²) in [4.78, 5) is 22.9. The number of hydrogen-bond donors (Lipinski definition) is 1. The largest absolute Gasteiger partial charge is 0.479 e. The molecule has 5 heteroatoms. The van der Waals surface area contributed by atoms with Crippen molar-refractivity contribution in [1.82, 2.24) is 0 Å². The van der Waals surface area contributed by atoms with E-state index in [1.165, 1.54) is 6.92 Å². The van der Waals surface area contributed by atoms with Gasteiger partial charge in [0.1, 0.15) is 5.75 Å². The van der Waals surface area contributed by atoms with Crippen molar-refractivity contribution >= 4 is 23.4 Å². The second-order valence-electron chi connectivity index (χ2n) is 4.46. The van der Waals surface area contributed by atoms with E-state index in [-0.39, 0.29) is 5.78 Å². The number of ketones is 1. The number of halogens is 1. The molecular formula is C16H13ClO4. The minimum Gasteiger partial charge on any atom is -0.479 e. The molecule has 21 heavy (non-hydrogen) atoms. The number of carboxylic acids is 1. The van der Waals surface area contributed by atoms with Crippen LogP contribution in [0, 0.1) is 0 Å². The maximum Gasteiger partial charge on any atom is 0.344 e. The standard InChI is InChI=1S/C16H13ClO4/c1-10(16(19)20)21-14-8-4-12(5-9-14)15(18)11-2-6-13(17)7-3-11/h2-10H,1H3,(H,19,20)/t10-/m0/s1. The van der Waals surface area contributed by atoms with Gasteiger partial charge in [-0.15, -0.1) is 0 Å². The van der Waals surface area contributed by atoms with Gasteiger partial charge in [0.15, 0.2) is 11.9 Å². The third-order valence-electron chi connectivity index (χ3n) is 2.88. The molecule has 108 valence electrons. The Hall–Kier alpha value is -2.33. The van der Waals surface area contributed by atoms with Gasteiger partial charge in [-0.1, -0.05) is 11.6 Å². The van der Waals surface area contributed by atoms with E-state index in [1.807, 2.05) is 0 Å². The average Bonchev–Trinajstić information content (AvgIpc) is 2.48. The van der Waals surface area contributed by atoms with Crippen LogP contribution in [-0.4, -0.2) is 23.0 Å². The number of aliphatic carboxylic acids is 1. The SMILES string of the molecule is C[C@H](Oc1ccc(C(=O)c2ccc(Cl)cc2)cc1)C(=O)O. The number of carbonyl (C=O) groups is 2. The predicted molar refractivity (Wildman–Crippen MR) is 79.1 cm³/mol. The Morgan fingerprint density at radius 1 is 1.00 bits per heavy atom. The van der Waals surface area contributed by atoms with E-state index in [1.54, 1.807) is 48.5 Å². The number of hydrogen-bond acceptors (Lipinski definition) is 3. The second kappa shape index (κ2) is 6.41. The highest BCUT2D eigenvalue weighted by atomic mass is 35.5. The van der Waals surface area contributed by atoms with E-state index >= 15 is 0 Å². The first-order valence-electron chi connectivity index (χ1n) is 6.27. The van der Waals surface area contributed by atoms with Crippen LogP contribution in [0.5, 0.6) is 5.75 Å². The summed E-state index contributed by atoms with van der Waals surface area (Å²) in [6.45, 7) is 1.44. The van der Waals surface area contributed by atoms with Crippen molar-refractivity contribution in [2.24, 2.45) is 0 Å². The van der Waals surface area contributed by atoms with Crippen LogP contribution in [0.3, 0.4) is 0 Å². The monoisotopic (exact) mass is 304 g/mol. The smallest absolute Gasteiger partial charge is 0.344 e. The summed E-state index contributed by atoms with van der Waals surface area (Å²) in [7, 11) is 0. The highest BCUT2D eigenvalue weighted by molar-refractivity contribution is 6.30. The van der Waals surface area contributed by atoms with Crippen molar-refractivity contribution in [3.05, 3.63) is 64.7 Å². The van der Waals surface area contributed by atoms with E-state index in [4.69, 9.17) is 21.4 Å². The Morgan fingerprint density at radius 3 is 1.95 bits per heavy atom.